The third kappa shape index (κ3) is 1.21. The SMILES string of the molecule is O=C(NCC1(O)C2C3CC4C5C3CC2C5C41)c1ccoc1C1CC1. The second-order valence-corrected chi connectivity index (χ2v) is 9.48. The molecule has 2 N–H and O–H groups in total. The lowest BCUT2D eigenvalue weighted by Crippen LogP contribution is -2.59. The molecule has 6 aliphatic rings. The largest absolute Gasteiger partial charge is 0.468 e. The van der Waals surface area contributed by atoms with Crippen molar-refractivity contribution in [1.29, 1.82) is 0 Å². The number of hydrogen-bond acceptors (Lipinski definition) is 3. The van der Waals surface area contributed by atoms with Gasteiger partial charge >= 0.3 is 0 Å². The van der Waals surface area contributed by atoms with Gasteiger partial charge in [-0.3, -0.25) is 4.79 Å². The highest BCUT2D eigenvalue weighted by atomic mass is 16.3. The van der Waals surface area contributed by atoms with Gasteiger partial charge in [-0.2, -0.15) is 0 Å². The van der Waals surface area contributed by atoms with Crippen molar-refractivity contribution in [3.63, 3.8) is 0 Å². The molecule has 0 radical (unpaired) electrons. The Morgan fingerprint density at radius 2 is 1.96 bits per heavy atom. The van der Waals surface area contributed by atoms with Gasteiger partial charge < -0.3 is 14.8 Å². The minimum Gasteiger partial charge on any atom is -0.468 e. The van der Waals surface area contributed by atoms with Crippen LogP contribution in [0.4, 0.5) is 0 Å². The maximum Gasteiger partial charge on any atom is 0.254 e. The number of carbonyl (C=O) groups is 1. The lowest BCUT2D eigenvalue weighted by molar-refractivity contribution is -0.126. The highest BCUT2D eigenvalue weighted by Gasteiger charge is 2.84. The molecule has 6 fully saturated rings. The van der Waals surface area contributed by atoms with Crippen molar-refractivity contribution < 1.29 is 14.3 Å². The van der Waals surface area contributed by atoms with E-state index in [1.54, 1.807) is 12.3 Å². The quantitative estimate of drug-likeness (QED) is 0.893. The van der Waals surface area contributed by atoms with Gasteiger partial charge in [0.05, 0.1) is 17.4 Å². The van der Waals surface area contributed by atoms with E-state index < -0.39 is 5.60 Å². The molecule has 0 aromatic carbocycles. The Bertz CT molecular complexity index is 761. The number of amides is 1. The highest BCUT2D eigenvalue weighted by Crippen LogP contribution is 2.85. The summed E-state index contributed by atoms with van der Waals surface area (Å²) in [4.78, 5) is 12.7. The van der Waals surface area contributed by atoms with Crippen LogP contribution in [0, 0.1) is 47.3 Å². The van der Waals surface area contributed by atoms with Crippen LogP contribution < -0.4 is 5.32 Å². The molecule has 6 aliphatic carbocycles. The molecule has 9 unspecified atom stereocenters. The molecule has 4 heteroatoms. The van der Waals surface area contributed by atoms with E-state index in [1.165, 1.54) is 12.8 Å². The average molecular weight is 325 g/mol. The number of hydrogen-bond donors (Lipinski definition) is 2. The summed E-state index contributed by atoms with van der Waals surface area (Å²) in [5, 5.41) is 14.7. The summed E-state index contributed by atoms with van der Waals surface area (Å²) >= 11 is 0. The van der Waals surface area contributed by atoms with Crippen LogP contribution >= 0.6 is 0 Å². The summed E-state index contributed by atoms with van der Waals surface area (Å²) in [7, 11) is 0. The molecule has 24 heavy (non-hydrogen) atoms. The summed E-state index contributed by atoms with van der Waals surface area (Å²) in [6, 6.07) is 1.79. The fraction of sp³-hybridized carbons (Fsp3) is 0.750. The zero-order chi connectivity index (χ0) is 15.8. The van der Waals surface area contributed by atoms with E-state index in [1.807, 2.05) is 0 Å². The van der Waals surface area contributed by atoms with Crippen LogP contribution in [0.2, 0.25) is 0 Å². The summed E-state index contributed by atoms with van der Waals surface area (Å²) in [6.07, 6.45) is 6.60. The Morgan fingerprint density at radius 3 is 2.79 bits per heavy atom. The van der Waals surface area contributed by atoms with Gasteiger partial charge in [-0.05, 0) is 79.1 Å². The molecule has 1 aromatic heterocycles. The minimum absolute atomic E-state index is 0.0579. The fourth-order valence-corrected chi connectivity index (χ4v) is 8.45. The van der Waals surface area contributed by atoms with Gasteiger partial charge in [0.2, 0.25) is 0 Å². The standard InChI is InChI=1S/C20H23NO3/c22-19(9-3-4-24-18(9)8-1-2-8)21-7-20(23)16-11-6-12-14-10(11)5-13(16)15(14)17(12)20/h3-4,8,10-17,23H,1-2,5-7H2,(H,21,22). The second kappa shape index (κ2) is 3.77. The average Bonchev–Trinajstić information content (AvgIpc) is 2.94. The normalized spacial score (nSPS) is 54.5. The third-order valence-electron chi connectivity index (χ3n) is 8.94. The summed E-state index contributed by atoms with van der Waals surface area (Å²) in [6.45, 7) is 0.440. The van der Waals surface area contributed by atoms with Gasteiger partial charge in [-0.25, -0.2) is 0 Å². The van der Waals surface area contributed by atoms with Crippen LogP contribution in [-0.2, 0) is 0 Å². The van der Waals surface area contributed by atoms with E-state index >= 15 is 0 Å². The molecular weight excluding hydrogens is 302 g/mol. The first-order chi connectivity index (χ1) is 11.7. The molecule has 4 nitrogen and oxygen atoms in total. The Hall–Kier alpha value is -1.29. The van der Waals surface area contributed by atoms with Crippen LogP contribution in [-0.4, -0.2) is 23.2 Å². The predicted octanol–water partition coefficient (Wildman–Crippen LogP) is 2.40. The van der Waals surface area contributed by atoms with Gasteiger partial charge in [0, 0.05) is 12.5 Å². The van der Waals surface area contributed by atoms with Crippen LogP contribution in [0.5, 0.6) is 0 Å². The van der Waals surface area contributed by atoms with Crippen molar-refractivity contribution in [2.45, 2.75) is 37.2 Å². The Labute approximate surface area is 141 Å². The lowest BCUT2D eigenvalue weighted by atomic mass is 9.56. The van der Waals surface area contributed by atoms with Crippen LogP contribution in [0.25, 0.3) is 0 Å². The molecule has 7 rings (SSSR count). The number of carbonyl (C=O) groups excluding carboxylic acids is 1. The first-order valence-corrected chi connectivity index (χ1v) is 9.76. The molecular formula is C20H23NO3. The minimum atomic E-state index is -0.635. The van der Waals surface area contributed by atoms with Crippen LogP contribution in [0.1, 0.15) is 47.7 Å². The van der Waals surface area contributed by atoms with Crippen molar-refractivity contribution in [2.75, 3.05) is 6.54 Å². The van der Waals surface area contributed by atoms with Gasteiger partial charge in [-0.1, -0.05) is 0 Å². The molecule has 9 atom stereocenters. The maximum absolute atomic E-state index is 12.7. The lowest BCUT2D eigenvalue weighted by Gasteiger charge is -2.51. The van der Waals surface area contributed by atoms with Crippen molar-refractivity contribution in [1.82, 2.24) is 5.32 Å². The highest BCUT2D eigenvalue weighted by molar-refractivity contribution is 5.95. The van der Waals surface area contributed by atoms with Crippen molar-refractivity contribution in [3.8, 4) is 0 Å². The monoisotopic (exact) mass is 325 g/mol. The van der Waals surface area contributed by atoms with Crippen LogP contribution in [0.3, 0.4) is 0 Å². The summed E-state index contributed by atoms with van der Waals surface area (Å²) < 4.78 is 5.53. The first kappa shape index (κ1) is 13.0. The topological polar surface area (TPSA) is 62.5 Å². The third-order valence-corrected chi connectivity index (χ3v) is 8.94. The zero-order valence-electron chi connectivity index (χ0n) is 13.7. The van der Waals surface area contributed by atoms with Gasteiger partial charge in [-0.15, -0.1) is 0 Å². The summed E-state index contributed by atoms with van der Waals surface area (Å²) in [5.41, 5.74) is 0.0482. The number of nitrogens with one attached hydrogen (secondary N) is 1. The van der Waals surface area contributed by atoms with Crippen molar-refractivity contribution >= 4 is 5.91 Å². The Kier molecular flexibility index (Phi) is 2.04. The van der Waals surface area contributed by atoms with E-state index in [0.717, 1.165) is 54.1 Å². The van der Waals surface area contributed by atoms with E-state index in [2.05, 4.69) is 5.32 Å². The smallest absolute Gasteiger partial charge is 0.254 e. The van der Waals surface area contributed by atoms with E-state index in [-0.39, 0.29) is 5.91 Å². The first-order valence-electron chi connectivity index (χ1n) is 9.76. The Balaban J connectivity index is 1.16. The van der Waals surface area contributed by atoms with Gasteiger partial charge in [0.15, 0.2) is 0 Å². The Morgan fingerprint density at radius 1 is 1.17 bits per heavy atom. The number of rotatable bonds is 4. The number of fused-ring (bicyclic) bond motifs is 2. The van der Waals surface area contributed by atoms with E-state index in [0.29, 0.717) is 29.9 Å². The van der Waals surface area contributed by atoms with Gasteiger partial charge in [0.25, 0.3) is 5.91 Å². The molecule has 1 aromatic rings. The fourth-order valence-electron chi connectivity index (χ4n) is 8.45. The predicted molar refractivity (Wildman–Crippen MR) is 85.1 cm³/mol. The summed E-state index contributed by atoms with van der Waals surface area (Å²) in [5.74, 6) is 7.02. The molecule has 1 heterocycles. The molecule has 1 amide bonds. The van der Waals surface area contributed by atoms with Crippen molar-refractivity contribution in [3.05, 3.63) is 23.7 Å². The number of aliphatic hydroxyl groups is 1. The van der Waals surface area contributed by atoms with Crippen molar-refractivity contribution in [2.24, 2.45) is 47.3 Å². The zero-order valence-corrected chi connectivity index (χ0v) is 13.7. The molecule has 126 valence electrons. The maximum atomic E-state index is 12.7. The second-order valence-electron chi connectivity index (χ2n) is 9.48. The molecule has 0 aliphatic heterocycles. The van der Waals surface area contributed by atoms with E-state index in [4.69, 9.17) is 4.42 Å². The van der Waals surface area contributed by atoms with Crippen LogP contribution in [0.15, 0.2) is 16.7 Å². The molecule has 6 saturated carbocycles. The molecule has 0 spiro atoms. The molecule has 0 saturated heterocycles. The van der Waals surface area contributed by atoms with E-state index in [9.17, 15) is 9.90 Å². The molecule has 2 bridgehead atoms. The van der Waals surface area contributed by atoms with Gasteiger partial charge in [0.1, 0.15) is 5.76 Å². The number of furan rings is 1.